The predicted octanol–water partition coefficient (Wildman–Crippen LogP) is 14.5. The third-order valence-electron chi connectivity index (χ3n) is 9.63. The summed E-state index contributed by atoms with van der Waals surface area (Å²) in [7, 11) is 0. The Morgan fingerprint density at radius 3 is 1.28 bits per heavy atom. The van der Waals surface area contributed by atoms with Crippen molar-refractivity contribution < 1.29 is 14.3 Å². The minimum Gasteiger partial charge on any atom is -0.494 e. The predicted molar refractivity (Wildman–Crippen MR) is 203 cm³/mol. The van der Waals surface area contributed by atoms with E-state index in [1.165, 1.54) is 147 Å². The summed E-state index contributed by atoms with van der Waals surface area (Å²) in [4.78, 5) is 12.4. The smallest absolute Gasteiger partial charge is 0.306 e. The van der Waals surface area contributed by atoms with Crippen molar-refractivity contribution >= 4 is 5.97 Å². The van der Waals surface area contributed by atoms with Gasteiger partial charge in [-0.2, -0.15) is 0 Å². The number of benzene rings is 2. The molecule has 0 heterocycles. The lowest BCUT2D eigenvalue weighted by molar-refractivity contribution is -0.148. The molecule has 3 nitrogen and oxygen atoms in total. The summed E-state index contributed by atoms with van der Waals surface area (Å²) in [5.74, 6) is 0.862. The van der Waals surface area contributed by atoms with E-state index in [2.05, 4.69) is 62.4 Å². The average Bonchev–Trinajstić information content (AvgIpc) is 3.09. The van der Waals surface area contributed by atoms with Crippen molar-refractivity contribution in [1.82, 2.24) is 0 Å². The van der Waals surface area contributed by atoms with E-state index < -0.39 is 0 Å². The van der Waals surface area contributed by atoms with Gasteiger partial charge in [0.2, 0.25) is 0 Å². The largest absolute Gasteiger partial charge is 0.494 e. The molecule has 266 valence electrons. The van der Waals surface area contributed by atoms with Crippen LogP contribution in [0, 0.1) is 0 Å². The second-order valence-electron chi connectivity index (χ2n) is 14.0. The zero-order valence-electron chi connectivity index (χ0n) is 31.0. The summed E-state index contributed by atoms with van der Waals surface area (Å²) in [6.45, 7) is 7.32. The van der Waals surface area contributed by atoms with Crippen LogP contribution < -0.4 is 4.74 Å². The standard InChI is InChI=1S/C44H72O3/c1-4-6-8-10-12-14-16-18-20-22-24-26-28-38-46-43-36-34-42(35-37-43)41-32-30-40(31-33-41)39(3)47-44(45)29-27-25-23-21-19-17-15-13-11-9-7-5-2/h30-37,39H,4-29,38H2,1-3H3. The molecule has 0 radical (unpaired) electrons. The van der Waals surface area contributed by atoms with E-state index >= 15 is 0 Å². The molecule has 2 aromatic carbocycles. The van der Waals surface area contributed by atoms with Gasteiger partial charge in [0.1, 0.15) is 11.9 Å². The summed E-state index contributed by atoms with van der Waals surface area (Å²) >= 11 is 0. The number of rotatable bonds is 31. The van der Waals surface area contributed by atoms with Crippen LogP contribution in [0.3, 0.4) is 0 Å². The molecule has 2 aromatic rings. The van der Waals surface area contributed by atoms with Gasteiger partial charge in [0.15, 0.2) is 0 Å². The molecular weight excluding hydrogens is 576 g/mol. The molecule has 0 bridgehead atoms. The molecule has 2 rings (SSSR count). The van der Waals surface area contributed by atoms with E-state index in [-0.39, 0.29) is 12.1 Å². The summed E-state index contributed by atoms with van der Waals surface area (Å²) in [5.41, 5.74) is 3.36. The van der Waals surface area contributed by atoms with Crippen molar-refractivity contribution in [2.24, 2.45) is 0 Å². The Hall–Kier alpha value is -2.29. The molecule has 0 spiro atoms. The summed E-state index contributed by atoms with van der Waals surface area (Å²) in [6, 6.07) is 16.8. The fourth-order valence-electron chi connectivity index (χ4n) is 6.43. The molecule has 0 aliphatic heterocycles. The minimum absolute atomic E-state index is 0.0805. The number of esters is 1. The van der Waals surface area contributed by atoms with Crippen LogP contribution in [0.4, 0.5) is 0 Å². The highest BCUT2D eigenvalue weighted by atomic mass is 16.5. The van der Waals surface area contributed by atoms with Gasteiger partial charge >= 0.3 is 5.97 Å². The van der Waals surface area contributed by atoms with E-state index in [4.69, 9.17) is 9.47 Å². The van der Waals surface area contributed by atoms with Crippen LogP contribution in [-0.2, 0) is 9.53 Å². The van der Waals surface area contributed by atoms with E-state index in [0.29, 0.717) is 6.42 Å². The van der Waals surface area contributed by atoms with Gasteiger partial charge in [0.05, 0.1) is 6.61 Å². The topological polar surface area (TPSA) is 35.5 Å². The van der Waals surface area contributed by atoms with Crippen LogP contribution in [0.25, 0.3) is 11.1 Å². The van der Waals surface area contributed by atoms with Crippen molar-refractivity contribution in [2.75, 3.05) is 6.61 Å². The number of hydrogen-bond acceptors (Lipinski definition) is 3. The molecule has 1 atom stereocenters. The Bertz CT molecular complexity index is 980. The van der Waals surface area contributed by atoms with Gasteiger partial charge in [-0.1, -0.05) is 198 Å². The van der Waals surface area contributed by atoms with E-state index in [1.807, 2.05) is 6.92 Å². The molecule has 1 unspecified atom stereocenters. The van der Waals surface area contributed by atoms with E-state index in [9.17, 15) is 4.79 Å². The average molecular weight is 649 g/mol. The first kappa shape index (κ1) is 40.9. The quantitative estimate of drug-likeness (QED) is 0.0603. The second kappa shape index (κ2) is 28.7. The van der Waals surface area contributed by atoms with Crippen LogP contribution in [0.5, 0.6) is 5.75 Å². The van der Waals surface area contributed by atoms with Gasteiger partial charge in [-0.15, -0.1) is 0 Å². The lowest BCUT2D eigenvalue weighted by Gasteiger charge is -2.14. The lowest BCUT2D eigenvalue weighted by atomic mass is 10.0. The van der Waals surface area contributed by atoms with Crippen LogP contribution in [-0.4, -0.2) is 12.6 Å². The maximum Gasteiger partial charge on any atom is 0.306 e. The van der Waals surface area contributed by atoms with Crippen molar-refractivity contribution in [3.63, 3.8) is 0 Å². The SMILES string of the molecule is CCCCCCCCCCCCCCCOc1ccc(-c2ccc(C(C)OC(=O)CCCCCCCCCCCCCC)cc2)cc1. The number of unbranched alkanes of at least 4 members (excludes halogenated alkanes) is 23. The highest BCUT2D eigenvalue weighted by molar-refractivity contribution is 5.70. The van der Waals surface area contributed by atoms with Crippen molar-refractivity contribution in [1.29, 1.82) is 0 Å². The van der Waals surface area contributed by atoms with Gasteiger partial charge in [-0.3, -0.25) is 4.79 Å². The third kappa shape index (κ3) is 21.3. The Morgan fingerprint density at radius 1 is 0.489 bits per heavy atom. The zero-order chi connectivity index (χ0) is 33.6. The maximum absolute atomic E-state index is 12.4. The molecule has 0 aliphatic carbocycles. The number of ether oxygens (including phenoxy) is 2. The van der Waals surface area contributed by atoms with E-state index in [1.54, 1.807) is 0 Å². The number of carbonyl (C=O) groups excluding carboxylic acids is 1. The molecule has 47 heavy (non-hydrogen) atoms. The first-order chi connectivity index (χ1) is 23.1. The van der Waals surface area contributed by atoms with Crippen molar-refractivity contribution in [3.8, 4) is 16.9 Å². The Labute approximate surface area is 291 Å². The molecule has 0 amide bonds. The lowest BCUT2D eigenvalue weighted by Crippen LogP contribution is -2.08. The third-order valence-corrected chi connectivity index (χ3v) is 9.63. The molecule has 0 saturated heterocycles. The Kier molecular flexibility index (Phi) is 25.0. The normalized spacial score (nSPS) is 11.9. The van der Waals surface area contributed by atoms with Crippen LogP contribution >= 0.6 is 0 Å². The summed E-state index contributed by atoms with van der Waals surface area (Å²) in [6.07, 6.45) is 33.6. The molecule has 0 aromatic heterocycles. The van der Waals surface area contributed by atoms with Gasteiger partial charge < -0.3 is 9.47 Å². The molecule has 0 N–H and O–H groups in total. The summed E-state index contributed by atoms with van der Waals surface area (Å²) < 4.78 is 11.8. The highest BCUT2D eigenvalue weighted by Crippen LogP contribution is 2.26. The van der Waals surface area contributed by atoms with E-state index in [0.717, 1.165) is 42.7 Å². The van der Waals surface area contributed by atoms with Crippen molar-refractivity contribution in [3.05, 3.63) is 54.1 Å². The fourth-order valence-corrected chi connectivity index (χ4v) is 6.43. The Morgan fingerprint density at radius 2 is 0.851 bits per heavy atom. The van der Waals surface area contributed by atoms with Crippen molar-refractivity contribution in [2.45, 2.75) is 194 Å². The van der Waals surface area contributed by atoms with Gasteiger partial charge in [0.25, 0.3) is 0 Å². The highest BCUT2D eigenvalue weighted by Gasteiger charge is 2.12. The summed E-state index contributed by atoms with van der Waals surface area (Å²) in [5, 5.41) is 0. The Balaban J connectivity index is 1.50. The number of hydrogen-bond donors (Lipinski definition) is 0. The van der Waals surface area contributed by atoms with Gasteiger partial charge in [-0.25, -0.2) is 0 Å². The van der Waals surface area contributed by atoms with Crippen LogP contribution in [0.1, 0.15) is 199 Å². The molecular formula is C44H72O3. The monoisotopic (exact) mass is 649 g/mol. The first-order valence-electron chi connectivity index (χ1n) is 20.2. The molecule has 0 saturated carbocycles. The second-order valence-corrected chi connectivity index (χ2v) is 14.0. The molecule has 0 fully saturated rings. The van der Waals surface area contributed by atoms with Gasteiger partial charge in [-0.05, 0) is 48.6 Å². The van der Waals surface area contributed by atoms with Crippen LogP contribution in [0.15, 0.2) is 48.5 Å². The zero-order valence-corrected chi connectivity index (χ0v) is 31.0. The van der Waals surface area contributed by atoms with Gasteiger partial charge in [0, 0.05) is 6.42 Å². The molecule has 0 aliphatic rings. The maximum atomic E-state index is 12.4. The van der Waals surface area contributed by atoms with Crippen LogP contribution in [0.2, 0.25) is 0 Å². The first-order valence-corrected chi connectivity index (χ1v) is 20.2. The fraction of sp³-hybridized carbons (Fsp3) is 0.705. The molecule has 3 heteroatoms. The number of carbonyl (C=O) groups is 1. The minimum atomic E-state index is -0.227.